The summed E-state index contributed by atoms with van der Waals surface area (Å²) in [4.78, 5) is 12.2. The van der Waals surface area contributed by atoms with Gasteiger partial charge in [0.25, 0.3) is 0 Å². The number of benzene rings is 2. The molecule has 1 amide bonds. The van der Waals surface area contributed by atoms with Crippen LogP contribution in [0.25, 0.3) is 6.08 Å². The molecule has 2 aromatic carbocycles. The number of carbonyl (C=O) groups is 1. The normalized spacial score (nSPS) is 12.2. The lowest BCUT2D eigenvalue weighted by atomic mass is 10.00. The molecule has 0 radical (unpaired) electrons. The van der Waals surface area contributed by atoms with Gasteiger partial charge in [-0.05, 0) is 44.0 Å². The Kier molecular flexibility index (Phi) is 5.58. The average Bonchev–Trinajstić information content (AvgIpc) is 2.55. The number of methoxy groups -OCH3 is 1. The number of rotatable bonds is 5. The fourth-order valence-corrected chi connectivity index (χ4v) is 2.54. The van der Waals surface area contributed by atoms with Gasteiger partial charge in [-0.25, -0.2) is 0 Å². The number of hydrogen-bond acceptors (Lipinski definition) is 2. The van der Waals surface area contributed by atoms with Gasteiger partial charge in [-0.1, -0.05) is 42.0 Å². The van der Waals surface area contributed by atoms with E-state index in [1.807, 2.05) is 31.2 Å². The highest BCUT2D eigenvalue weighted by Crippen LogP contribution is 2.20. The van der Waals surface area contributed by atoms with E-state index >= 15 is 0 Å². The summed E-state index contributed by atoms with van der Waals surface area (Å²) in [5.41, 5.74) is 4.39. The highest BCUT2D eigenvalue weighted by atomic mass is 16.5. The standard InChI is InChI=1S/C20H23NO2/c1-14-9-10-15(2)18(13-14)16(3)21-20(22)12-11-17-7-5-6-8-19(17)23-4/h5-13,16H,1-4H3,(H,21,22)/b12-11+/t16-/m1/s1. The van der Waals surface area contributed by atoms with Crippen molar-refractivity contribution in [3.63, 3.8) is 0 Å². The van der Waals surface area contributed by atoms with Crippen molar-refractivity contribution >= 4 is 12.0 Å². The van der Waals surface area contributed by atoms with E-state index < -0.39 is 0 Å². The van der Waals surface area contributed by atoms with Crippen molar-refractivity contribution in [3.05, 3.63) is 70.8 Å². The Morgan fingerprint density at radius 3 is 2.65 bits per heavy atom. The van der Waals surface area contributed by atoms with Crippen LogP contribution in [0, 0.1) is 13.8 Å². The number of ether oxygens (including phenoxy) is 1. The second kappa shape index (κ2) is 7.63. The third-order valence-corrected chi connectivity index (χ3v) is 3.81. The third-order valence-electron chi connectivity index (χ3n) is 3.81. The molecule has 0 saturated carbocycles. The first kappa shape index (κ1) is 16.8. The fourth-order valence-electron chi connectivity index (χ4n) is 2.54. The number of para-hydroxylation sites is 1. The first-order valence-corrected chi connectivity index (χ1v) is 7.70. The second-order valence-corrected chi connectivity index (χ2v) is 5.67. The van der Waals surface area contributed by atoms with Crippen LogP contribution in [0.4, 0.5) is 0 Å². The summed E-state index contributed by atoms with van der Waals surface area (Å²) < 4.78 is 5.27. The Morgan fingerprint density at radius 2 is 1.91 bits per heavy atom. The largest absolute Gasteiger partial charge is 0.496 e. The van der Waals surface area contributed by atoms with Crippen molar-refractivity contribution in [1.29, 1.82) is 0 Å². The number of hydrogen-bond donors (Lipinski definition) is 1. The predicted octanol–water partition coefficient (Wildman–Crippen LogP) is 4.20. The molecule has 1 atom stereocenters. The Labute approximate surface area is 138 Å². The van der Waals surface area contributed by atoms with Gasteiger partial charge in [0.15, 0.2) is 0 Å². The smallest absolute Gasteiger partial charge is 0.244 e. The van der Waals surface area contributed by atoms with Gasteiger partial charge in [0.1, 0.15) is 5.75 Å². The molecule has 0 aliphatic rings. The Morgan fingerprint density at radius 1 is 1.17 bits per heavy atom. The average molecular weight is 309 g/mol. The molecule has 0 aliphatic heterocycles. The van der Waals surface area contributed by atoms with E-state index in [1.54, 1.807) is 19.3 Å². The molecule has 0 aliphatic carbocycles. The molecule has 0 spiro atoms. The molecule has 0 unspecified atom stereocenters. The van der Waals surface area contributed by atoms with Gasteiger partial charge in [0.2, 0.25) is 5.91 Å². The maximum Gasteiger partial charge on any atom is 0.244 e. The van der Waals surface area contributed by atoms with Crippen LogP contribution in [0.5, 0.6) is 5.75 Å². The van der Waals surface area contributed by atoms with Gasteiger partial charge in [-0.15, -0.1) is 0 Å². The number of carbonyl (C=O) groups excluding carboxylic acids is 1. The van der Waals surface area contributed by atoms with E-state index in [-0.39, 0.29) is 11.9 Å². The second-order valence-electron chi connectivity index (χ2n) is 5.67. The lowest BCUT2D eigenvalue weighted by molar-refractivity contribution is -0.117. The molecular formula is C20H23NO2. The summed E-state index contributed by atoms with van der Waals surface area (Å²) in [5.74, 6) is 0.628. The minimum atomic E-state index is -0.121. The summed E-state index contributed by atoms with van der Waals surface area (Å²) >= 11 is 0. The van der Waals surface area contributed by atoms with Crippen molar-refractivity contribution in [1.82, 2.24) is 5.32 Å². The Hall–Kier alpha value is -2.55. The summed E-state index contributed by atoms with van der Waals surface area (Å²) in [6.07, 6.45) is 3.31. The number of amides is 1. The van der Waals surface area contributed by atoms with E-state index in [9.17, 15) is 4.79 Å². The highest BCUT2D eigenvalue weighted by Gasteiger charge is 2.10. The Balaban J connectivity index is 2.07. The zero-order valence-electron chi connectivity index (χ0n) is 14.1. The molecular weight excluding hydrogens is 286 g/mol. The Bertz CT molecular complexity index is 719. The highest BCUT2D eigenvalue weighted by molar-refractivity contribution is 5.92. The minimum Gasteiger partial charge on any atom is -0.496 e. The van der Waals surface area contributed by atoms with Gasteiger partial charge in [0, 0.05) is 11.6 Å². The van der Waals surface area contributed by atoms with Gasteiger partial charge in [0.05, 0.1) is 13.2 Å². The van der Waals surface area contributed by atoms with Crippen LogP contribution in [-0.4, -0.2) is 13.0 Å². The molecule has 2 rings (SSSR count). The van der Waals surface area contributed by atoms with Crippen molar-refractivity contribution in [2.75, 3.05) is 7.11 Å². The monoisotopic (exact) mass is 309 g/mol. The van der Waals surface area contributed by atoms with Crippen molar-refractivity contribution in [3.8, 4) is 5.75 Å². The molecule has 0 heterocycles. The SMILES string of the molecule is COc1ccccc1/C=C/C(=O)N[C@H](C)c1cc(C)ccc1C. The lowest BCUT2D eigenvalue weighted by Crippen LogP contribution is -2.25. The van der Waals surface area contributed by atoms with Gasteiger partial charge >= 0.3 is 0 Å². The van der Waals surface area contributed by atoms with Crippen molar-refractivity contribution in [2.45, 2.75) is 26.8 Å². The molecule has 0 fully saturated rings. The predicted molar refractivity (Wildman–Crippen MR) is 94.5 cm³/mol. The lowest BCUT2D eigenvalue weighted by Gasteiger charge is -2.16. The maximum atomic E-state index is 12.2. The molecule has 23 heavy (non-hydrogen) atoms. The summed E-state index contributed by atoms with van der Waals surface area (Å²) in [7, 11) is 1.62. The molecule has 3 nitrogen and oxygen atoms in total. The van der Waals surface area contributed by atoms with Crippen LogP contribution >= 0.6 is 0 Å². The van der Waals surface area contributed by atoms with Gasteiger partial charge in [-0.3, -0.25) is 4.79 Å². The van der Waals surface area contributed by atoms with E-state index in [1.165, 1.54) is 11.1 Å². The first-order valence-electron chi connectivity index (χ1n) is 7.70. The maximum absolute atomic E-state index is 12.2. The zero-order valence-corrected chi connectivity index (χ0v) is 14.1. The van der Waals surface area contributed by atoms with Crippen LogP contribution in [0.15, 0.2) is 48.5 Å². The van der Waals surface area contributed by atoms with Crippen LogP contribution in [0.1, 0.15) is 35.2 Å². The molecule has 0 bridgehead atoms. The van der Waals surface area contributed by atoms with Gasteiger partial charge in [-0.2, -0.15) is 0 Å². The van der Waals surface area contributed by atoms with Gasteiger partial charge < -0.3 is 10.1 Å². The van der Waals surface area contributed by atoms with E-state index in [0.717, 1.165) is 16.9 Å². The molecule has 120 valence electrons. The van der Waals surface area contributed by atoms with E-state index in [4.69, 9.17) is 4.74 Å². The quantitative estimate of drug-likeness (QED) is 0.841. The van der Waals surface area contributed by atoms with Crippen LogP contribution in [-0.2, 0) is 4.79 Å². The van der Waals surface area contributed by atoms with E-state index in [2.05, 4.69) is 37.4 Å². The molecule has 1 N–H and O–H groups in total. The van der Waals surface area contributed by atoms with Crippen LogP contribution < -0.4 is 10.1 Å². The zero-order chi connectivity index (χ0) is 16.8. The third kappa shape index (κ3) is 4.46. The first-order chi connectivity index (χ1) is 11.0. The fraction of sp³-hybridized carbons (Fsp3) is 0.250. The number of nitrogens with one attached hydrogen (secondary N) is 1. The van der Waals surface area contributed by atoms with Crippen LogP contribution in [0.3, 0.4) is 0 Å². The van der Waals surface area contributed by atoms with Crippen molar-refractivity contribution in [2.24, 2.45) is 0 Å². The minimum absolute atomic E-state index is 0.0373. The number of aryl methyl sites for hydroxylation is 2. The molecule has 2 aromatic rings. The summed E-state index contributed by atoms with van der Waals surface area (Å²) in [5, 5.41) is 3.01. The summed E-state index contributed by atoms with van der Waals surface area (Å²) in [6, 6.07) is 13.8. The molecule has 0 aromatic heterocycles. The molecule has 0 saturated heterocycles. The summed E-state index contributed by atoms with van der Waals surface area (Å²) in [6.45, 7) is 6.11. The van der Waals surface area contributed by atoms with Crippen LogP contribution in [0.2, 0.25) is 0 Å². The molecule has 3 heteroatoms. The van der Waals surface area contributed by atoms with Crippen molar-refractivity contribution < 1.29 is 9.53 Å². The topological polar surface area (TPSA) is 38.3 Å². The van der Waals surface area contributed by atoms with E-state index in [0.29, 0.717) is 0 Å².